The molecule has 0 saturated carbocycles. The van der Waals surface area contributed by atoms with Gasteiger partial charge in [-0.1, -0.05) is 37.3 Å². The van der Waals surface area contributed by atoms with Gasteiger partial charge in [0.15, 0.2) is 0 Å². The van der Waals surface area contributed by atoms with Gasteiger partial charge in [-0.3, -0.25) is 14.3 Å². The summed E-state index contributed by atoms with van der Waals surface area (Å²) in [6.07, 6.45) is 2.50. The van der Waals surface area contributed by atoms with Crippen LogP contribution in [0.5, 0.6) is 0 Å². The van der Waals surface area contributed by atoms with E-state index >= 15 is 0 Å². The predicted molar refractivity (Wildman–Crippen MR) is 90.6 cm³/mol. The van der Waals surface area contributed by atoms with Crippen LogP contribution in [-0.4, -0.2) is 26.6 Å². The molecule has 2 rings (SSSR count). The fourth-order valence-corrected chi connectivity index (χ4v) is 3.54. The number of amides is 1. The molecule has 0 radical (unpaired) electrons. The average molecular weight is 337 g/mol. The molecule has 7 heteroatoms. The molecule has 118 valence electrons. The van der Waals surface area contributed by atoms with Crippen molar-refractivity contribution in [3.63, 3.8) is 0 Å². The molecule has 1 atom stereocenters. The summed E-state index contributed by atoms with van der Waals surface area (Å²) in [4.78, 5) is 12.2. The Hall–Kier alpha value is -1.60. The topological polar surface area (TPSA) is 72.0 Å². The Balaban J connectivity index is 2.05. The summed E-state index contributed by atoms with van der Waals surface area (Å²) in [5.41, 5.74) is 1.41. The maximum absolute atomic E-state index is 12.2. The molecule has 5 nitrogen and oxygen atoms in total. The molecule has 1 amide bonds. The second-order valence-electron chi connectivity index (χ2n) is 5.47. The zero-order valence-electron chi connectivity index (χ0n) is 12.8. The van der Waals surface area contributed by atoms with Gasteiger partial charge in [0.2, 0.25) is 5.13 Å². The Morgan fingerprint density at radius 1 is 1.36 bits per heavy atom. The maximum Gasteiger partial charge on any atom is 0.257 e. The van der Waals surface area contributed by atoms with Gasteiger partial charge in [-0.2, -0.15) is 0 Å². The molecule has 0 bridgehead atoms. The van der Waals surface area contributed by atoms with Crippen molar-refractivity contribution in [2.24, 2.45) is 5.92 Å². The van der Waals surface area contributed by atoms with Crippen molar-refractivity contribution in [3.05, 3.63) is 40.4 Å². The molecule has 0 saturated heterocycles. The van der Waals surface area contributed by atoms with Crippen LogP contribution >= 0.6 is 11.3 Å². The first-order valence-corrected chi connectivity index (χ1v) is 9.51. The number of benzene rings is 1. The minimum atomic E-state index is -0.930. The van der Waals surface area contributed by atoms with Crippen LogP contribution in [-0.2, 0) is 23.0 Å². The normalized spacial score (nSPS) is 12.4. The zero-order valence-corrected chi connectivity index (χ0v) is 14.5. The number of hydrogen-bond donors (Lipinski definition) is 1. The SMILES string of the molecule is CC(C)Cc1nnc(NC(=O)c2cccc(CS(C)=O)c2)s1. The van der Waals surface area contributed by atoms with Gasteiger partial charge in [-0.25, -0.2) is 0 Å². The van der Waals surface area contributed by atoms with Gasteiger partial charge in [0.1, 0.15) is 5.01 Å². The maximum atomic E-state index is 12.2. The third-order valence-electron chi connectivity index (χ3n) is 2.83. The lowest BCUT2D eigenvalue weighted by atomic mass is 10.1. The first kappa shape index (κ1) is 16.8. The summed E-state index contributed by atoms with van der Waals surface area (Å²) in [5, 5.41) is 12.3. The second kappa shape index (κ2) is 7.60. The minimum Gasteiger partial charge on any atom is -0.296 e. The number of carbonyl (C=O) groups excluding carboxylic acids is 1. The van der Waals surface area contributed by atoms with Crippen molar-refractivity contribution in [1.29, 1.82) is 0 Å². The Bertz CT molecular complexity index is 683. The van der Waals surface area contributed by atoms with Crippen LogP contribution in [0.4, 0.5) is 5.13 Å². The number of aromatic nitrogens is 2. The summed E-state index contributed by atoms with van der Waals surface area (Å²) in [5.74, 6) is 0.720. The number of nitrogens with one attached hydrogen (secondary N) is 1. The van der Waals surface area contributed by atoms with Crippen LogP contribution in [0.3, 0.4) is 0 Å². The standard InChI is InChI=1S/C15H19N3O2S2/c1-10(2)7-13-17-18-15(21-13)16-14(19)12-6-4-5-11(8-12)9-22(3)20/h4-6,8,10H,7,9H2,1-3H3,(H,16,18,19). The highest BCUT2D eigenvalue weighted by atomic mass is 32.2. The number of nitrogens with zero attached hydrogens (tertiary/aromatic N) is 2. The number of carbonyl (C=O) groups is 1. The number of anilines is 1. The van der Waals surface area contributed by atoms with Crippen molar-refractivity contribution in [3.8, 4) is 0 Å². The molecule has 0 aliphatic heterocycles. The van der Waals surface area contributed by atoms with Crippen LogP contribution in [0.25, 0.3) is 0 Å². The predicted octanol–water partition coefficient (Wildman–Crippen LogP) is 2.87. The summed E-state index contributed by atoms with van der Waals surface area (Å²) in [6.45, 7) is 4.23. The van der Waals surface area contributed by atoms with E-state index in [1.165, 1.54) is 11.3 Å². The number of rotatable bonds is 6. The quantitative estimate of drug-likeness (QED) is 0.880. The van der Waals surface area contributed by atoms with E-state index in [4.69, 9.17) is 0 Å². The Morgan fingerprint density at radius 3 is 2.82 bits per heavy atom. The van der Waals surface area contributed by atoms with Crippen LogP contribution in [0.2, 0.25) is 0 Å². The van der Waals surface area contributed by atoms with Gasteiger partial charge in [-0.05, 0) is 23.6 Å². The van der Waals surface area contributed by atoms with E-state index in [0.29, 0.717) is 22.4 Å². The molecule has 1 N–H and O–H groups in total. The molecule has 1 heterocycles. The van der Waals surface area contributed by atoms with Crippen molar-refractivity contribution in [2.45, 2.75) is 26.0 Å². The minimum absolute atomic E-state index is 0.226. The van der Waals surface area contributed by atoms with E-state index in [1.54, 1.807) is 24.5 Å². The second-order valence-corrected chi connectivity index (χ2v) is 7.97. The highest BCUT2D eigenvalue weighted by molar-refractivity contribution is 7.83. The molecule has 1 aromatic carbocycles. The molecule has 0 aliphatic carbocycles. The van der Waals surface area contributed by atoms with Gasteiger partial charge in [0.25, 0.3) is 5.91 Å². The number of hydrogen-bond acceptors (Lipinski definition) is 5. The van der Waals surface area contributed by atoms with Crippen molar-refractivity contribution >= 4 is 33.2 Å². The highest BCUT2D eigenvalue weighted by Crippen LogP contribution is 2.19. The van der Waals surface area contributed by atoms with E-state index in [9.17, 15) is 9.00 Å². The van der Waals surface area contributed by atoms with Gasteiger partial charge in [0.05, 0.1) is 0 Å². The summed E-state index contributed by atoms with van der Waals surface area (Å²) in [6, 6.07) is 7.14. The molecular weight excluding hydrogens is 318 g/mol. The third-order valence-corrected chi connectivity index (χ3v) is 4.43. The Labute approximate surface area is 136 Å². The molecule has 0 spiro atoms. The third kappa shape index (κ3) is 4.99. The molecule has 2 aromatic rings. The Kier molecular flexibility index (Phi) is 5.79. The molecule has 22 heavy (non-hydrogen) atoms. The fraction of sp³-hybridized carbons (Fsp3) is 0.400. The largest absolute Gasteiger partial charge is 0.296 e. The molecule has 0 fully saturated rings. The summed E-state index contributed by atoms with van der Waals surface area (Å²) < 4.78 is 11.3. The van der Waals surface area contributed by atoms with Crippen molar-refractivity contribution in [2.75, 3.05) is 11.6 Å². The van der Waals surface area contributed by atoms with Crippen LogP contribution in [0.15, 0.2) is 24.3 Å². The molecule has 1 aromatic heterocycles. The van der Waals surface area contributed by atoms with Gasteiger partial charge < -0.3 is 0 Å². The van der Waals surface area contributed by atoms with E-state index in [2.05, 4.69) is 29.4 Å². The van der Waals surface area contributed by atoms with Gasteiger partial charge in [0, 0.05) is 34.8 Å². The van der Waals surface area contributed by atoms with E-state index in [-0.39, 0.29) is 5.91 Å². The molecule has 0 aliphatic rings. The van der Waals surface area contributed by atoms with Crippen molar-refractivity contribution in [1.82, 2.24) is 10.2 Å². The smallest absolute Gasteiger partial charge is 0.257 e. The van der Waals surface area contributed by atoms with E-state index in [1.807, 2.05) is 6.07 Å². The van der Waals surface area contributed by atoms with Gasteiger partial charge in [-0.15, -0.1) is 10.2 Å². The monoisotopic (exact) mass is 337 g/mol. The van der Waals surface area contributed by atoms with Crippen molar-refractivity contribution < 1.29 is 9.00 Å². The summed E-state index contributed by atoms with van der Waals surface area (Å²) in [7, 11) is -0.930. The molecular formula is C15H19N3O2S2. The highest BCUT2D eigenvalue weighted by Gasteiger charge is 2.11. The first-order valence-electron chi connectivity index (χ1n) is 6.96. The summed E-state index contributed by atoms with van der Waals surface area (Å²) >= 11 is 1.40. The lowest BCUT2D eigenvalue weighted by molar-refractivity contribution is 0.102. The van der Waals surface area contributed by atoms with Crippen LogP contribution in [0.1, 0.15) is 34.8 Å². The fourth-order valence-electron chi connectivity index (χ4n) is 1.94. The van der Waals surface area contributed by atoms with E-state index < -0.39 is 10.8 Å². The first-order chi connectivity index (χ1) is 10.4. The average Bonchev–Trinajstić information content (AvgIpc) is 2.84. The lowest BCUT2D eigenvalue weighted by Crippen LogP contribution is -2.12. The molecule has 1 unspecified atom stereocenters. The van der Waals surface area contributed by atoms with Crippen LogP contribution < -0.4 is 5.32 Å². The zero-order chi connectivity index (χ0) is 16.1. The van der Waals surface area contributed by atoms with E-state index in [0.717, 1.165) is 17.0 Å². The lowest BCUT2D eigenvalue weighted by Gasteiger charge is -2.04. The van der Waals surface area contributed by atoms with Crippen LogP contribution in [0, 0.1) is 5.92 Å². The van der Waals surface area contributed by atoms with Gasteiger partial charge >= 0.3 is 0 Å². The Morgan fingerprint density at radius 2 is 2.14 bits per heavy atom.